The number of rotatable bonds is 8. The predicted molar refractivity (Wildman–Crippen MR) is 149 cm³/mol. The topological polar surface area (TPSA) is 73.9 Å². The normalized spacial score (nSPS) is 14.3. The molecule has 0 aliphatic carbocycles. The van der Waals surface area contributed by atoms with Gasteiger partial charge in [0.1, 0.15) is 5.75 Å². The Labute approximate surface area is 220 Å². The Hall–Kier alpha value is -2.97. The van der Waals surface area contributed by atoms with Gasteiger partial charge in [-0.15, -0.1) is 0 Å². The highest BCUT2D eigenvalue weighted by atomic mass is 32.1. The molecule has 2 amide bonds. The summed E-state index contributed by atoms with van der Waals surface area (Å²) < 4.78 is 5.94. The monoisotopic (exact) mass is 510 g/mol. The molecular formula is C28H38N4O3S. The molecule has 0 saturated carbocycles. The van der Waals surface area contributed by atoms with Gasteiger partial charge >= 0.3 is 0 Å². The number of likely N-dealkylation sites (N-methyl/N-ethyl adjacent to an activating group) is 1. The van der Waals surface area contributed by atoms with Gasteiger partial charge in [-0.25, -0.2) is 0 Å². The van der Waals surface area contributed by atoms with Crippen molar-refractivity contribution in [3.05, 3.63) is 59.2 Å². The number of carbonyl (C=O) groups is 2. The van der Waals surface area contributed by atoms with Gasteiger partial charge in [-0.2, -0.15) is 0 Å². The van der Waals surface area contributed by atoms with Crippen LogP contribution in [0.15, 0.2) is 42.5 Å². The van der Waals surface area contributed by atoms with Gasteiger partial charge in [-0.3, -0.25) is 9.59 Å². The molecule has 0 radical (unpaired) electrons. The van der Waals surface area contributed by atoms with Gasteiger partial charge < -0.3 is 25.2 Å². The molecule has 2 aromatic carbocycles. The molecule has 2 aromatic rings. The summed E-state index contributed by atoms with van der Waals surface area (Å²) in [6.45, 7) is 11.5. The molecular weight excluding hydrogens is 472 g/mol. The molecule has 8 heteroatoms. The number of benzene rings is 2. The Morgan fingerprint density at radius 2 is 1.75 bits per heavy atom. The van der Waals surface area contributed by atoms with Crippen LogP contribution in [0.3, 0.4) is 0 Å². The highest BCUT2D eigenvalue weighted by Crippen LogP contribution is 2.25. The minimum Gasteiger partial charge on any atom is -0.493 e. The summed E-state index contributed by atoms with van der Waals surface area (Å²) >= 11 is 5.43. The summed E-state index contributed by atoms with van der Waals surface area (Å²) in [5, 5.41) is 6.04. The van der Waals surface area contributed by atoms with Crippen LogP contribution in [0.1, 0.15) is 48.2 Å². The molecule has 0 aromatic heterocycles. The van der Waals surface area contributed by atoms with Crippen LogP contribution in [-0.2, 0) is 4.79 Å². The second-order valence-electron chi connectivity index (χ2n) is 10.2. The molecule has 0 atom stereocenters. The Balaban J connectivity index is 1.52. The van der Waals surface area contributed by atoms with Crippen LogP contribution >= 0.6 is 12.2 Å². The maximum Gasteiger partial charge on any atom is 0.256 e. The number of piperazine rings is 1. The van der Waals surface area contributed by atoms with Crippen LogP contribution in [0.25, 0.3) is 0 Å². The molecule has 1 aliphatic heterocycles. The summed E-state index contributed by atoms with van der Waals surface area (Å²) in [4.78, 5) is 30.1. The number of nitrogens with one attached hydrogen (secondary N) is 2. The standard InChI is InChI=1S/C28H38N4O3S/c1-20-11-12-21(2)24(19-20)35-18-8-13-28(3,4)26(34)30-27(36)29-23-10-7-6-9-22(23)25(33)32-16-14-31(5)15-17-32/h6-7,9-12,19H,8,13-18H2,1-5H3,(H2,29,30,34,36). The van der Waals surface area contributed by atoms with E-state index >= 15 is 0 Å². The molecule has 194 valence electrons. The number of hydrogen-bond acceptors (Lipinski definition) is 5. The summed E-state index contributed by atoms with van der Waals surface area (Å²) in [6, 6.07) is 13.4. The van der Waals surface area contributed by atoms with Crippen molar-refractivity contribution in [3.63, 3.8) is 0 Å². The lowest BCUT2D eigenvalue weighted by atomic mass is 9.87. The molecule has 2 N–H and O–H groups in total. The van der Waals surface area contributed by atoms with Crippen LogP contribution in [-0.4, -0.2) is 66.6 Å². The van der Waals surface area contributed by atoms with E-state index in [4.69, 9.17) is 17.0 Å². The van der Waals surface area contributed by atoms with Gasteiger partial charge in [-0.05, 0) is 75.3 Å². The first kappa shape index (κ1) is 27.6. The lowest BCUT2D eigenvalue weighted by Gasteiger charge is -2.32. The zero-order chi connectivity index (χ0) is 26.3. The molecule has 1 saturated heterocycles. The Kier molecular flexibility index (Phi) is 9.45. The summed E-state index contributed by atoms with van der Waals surface area (Å²) in [5.74, 6) is 0.673. The third-order valence-electron chi connectivity index (χ3n) is 6.59. The van der Waals surface area contributed by atoms with Crippen molar-refractivity contribution in [1.82, 2.24) is 15.1 Å². The lowest BCUT2D eigenvalue weighted by molar-refractivity contribution is -0.128. The van der Waals surface area contributed by atoms with Gasteiger partial charge in [0.05, 0.1) is 17.9 Å². The van der Waals surface area contributed by atoms with Crippen molar-refractivity contribution in [1.29, 1.82) is 0 Å². The number of aryl methyl sites for hydroxylation is 2. The molecule has 1 heterocycles. The second kappa shape index (κ2) is 12.3. The average Bonchev–Trinajstić information content (AvgIpc) is 2.84. The SMILES string of the molecule is Cc1ccc(C)c(OCCCC(C)(C)C(=O)NC(=S)Nc2ccccc2C(=O)N2CCN(C)CC2)c1. The molecule has 7 nitrogen and oxygen atoms in total. The fourth-order valence-corrected chi connectivity index (χ4v) is 4.26. The third-order valence-corrected chi connectivity index (χ3v) is 6.79. The first-order valence-electron chi connectivity index (χ1n) is 12.5. The second-order valence-corrected chi connectivity index (χ2v) is 10.6. The van der Waals surface area contributed by atoms with Crippen molar-refractivity contribution < 1.29 is 14.3 Å². The van der Waals surface area contributed by atoms with Crippen LogP contribution in [0.4, 0.5) is 5.69 Å². The number of carbonyl (C=O) groups excluding carboxylic acids is 2. The summed E-state index contributed by atoms with van der Waals surface area (Å²) in [5.41, 5.74) is 2.75. The maximum atomic E-state index is 13.1. The highest BCUT2D eigenvalue weighted by Gasteiger charge is 2.28. The molecule has 0 spiro atoms. The van der Waals surface area contributed by atoms with E-state index in [1.54, 1.807) is 12.1 Å². The van der Waals surface area contributed by atoms with E-state index in [0.29, 0.717) is 37.4 Å². The minimum atomic E-state index is -0.633. The molecule has 3 rings (SSSR count). The Morgan fingerprint density at radius 1 is 1.06 bits per heavy atom. The van der Waals surface area contributed by atoms with Crippen molar-refractivity contribution in [3.8, 4) is 5.75 Å². The molecule has 36 heavy (non-hydrogen) atoms. The van der Waals surface area contributed by atoms with Gasteiger partial charge in [-0.1, -0.05) is 38.1 Å². The Morgan fingerprint density at radius 3 is 2.47 bits per heavy atom. The van der Waals surface area contributed by atoms with E-state index in [0.717, 1.165) is 36.4 Å². The first-order chi connectivity index (χ1) is 17.1. The molecule has 0 unspecified atom stereocenters. The third kappa shape index (κ3) is 7.51. The van der Waals surface area contributed by atoms with Gasteiger partial charge in [0.2, 0.25) is 5.91 Å². The van der Waals surface area contributed by atoms with E-state index < -0.39 is 5.41 Å². The summed E-state index contributed by atoms with van der Waals surface area (Å²) in [6.07, 6.45) is 1.38. The van der Waals surface area contributed by atoms with Crippen LogP contribution in [0, 0.1) is 19.3 Å². The molecule has 0 bridgehead atoms. The number of hydrogen-bond donors (Lipinski definition) is 2. The van der Waals surface area contributed by atoms with Gasteiger partial charge in [0.15, 0.2) is 5.11 Å². The quantitative estimate of drug-likeness (QED) is 0.405. The first-order valence-corrected chi connectivity index (χ1v) is 12.9. The fraction of sp³-hybridized carbons (Fsp3) is 0.464. The zero-order valence-corrected chi connectivity index (χ0v) is 22.8. The number of amides is 2. The maximum absolute atomic E-state index is 13.1. The highest BCUT2D eigenvalue weighted by molar-refractivity contribution is 7.80. The van der Waals surface area contributed by atoms with E-state index in [2.05, 4.69) is 28.6 Å². The predicted octanol–water partition coefficient (Wildman–Crippen LogP) is 4.39. The smallest absolute Gasteiger partial charge is 0.256 e. The average molecular weight is 511 g/mol. The number of nitrogens with zero attached hydrogens (tertiary/aromatic N) is 2. The van der Waals surface area contributed by atoms with Crippen molar-refractivity contribution in [2.45, 2.75) is 40.5 Å². The number of anilines is 1. The van der Waals surface area contributed by atoms with Crippen LogP contribution in [0.5, 0.6) is 5.75 Å². The number of thiocarbonyl (C=S) groups is 1. The fourth-order valence-electron chi connectivity index (χ4n) is 4.06. The van der Waals surface area contributed by atoms with E-state index in [1.807, 2.05) is 56.9 Å². The molecule has 1 fully saturated rings. The van der Waals surface area contributed by atoms with Crippen LogP contribution in [0.2, 0.25) is 0 Å². The number of para-hydroxylation sites is 1. The number of ether oxygens (including phenoxy) is 1. The lowest BCUT2D eigenvalue weighted by Crippen LogP contribution is -2.47. The summed E-state index contributed by atoms with van der Waals surface area (Å²) in [7, 11) is 2.05. The van der Waals surface area contributed by atoms with Crippen molar-refractivity contribution >= 4 is 34.8 Å². The van der Waals surface area contributed by atoms with Crippen molar-refractivity contribution in [2.24, 2.45) is 5.41 Å². The largest absolute Gasteiger partial charge is 0.493 e. The van der Waals surface area contributed by atoms with E-state index in [-0.39, 0.29) is 16.9 Å². The van der Waals surface area contributed by atoms with Gasteiger partial charge in [0, 0.05) is 31.6 Å². The molecule has 1 aliphatic rings. The van der Waals surface area contributed by atoms with Gasteiger partial charge in [0.25, 0.3) is 5.91 Å². The van der Waals surface area contributed by atoms with E-state index in [9.17, 15) is 9.59 Å². The van der Waals surface area contributed by atoms with Crippen LogP contribution < -0.4 is 15.4 Å². The van der Waals surface area contributed by atoms with Crippen molar-refractivity contribution in [2.75, 3.05) is 45.2 Å². The zero-order valence-electron chi connectivity index (χ0n) is 22.0. The van der Waals surface area contributed by atoms with E-state index in [1.165, 1.54) is 0 Å². The minimum absolute atomic E-state index is 0.0375. The Bertz CT molecular complexity index is 1090.